The molecule has 0 saturated heterocycles. The number of aromatic nitrogens is 3. The van der Waals surface area contributed by atoms with Crippen LogP contribution in [0.15, 0.2) is 53.7 Å². The summed E-state index contributed by atoms with van der Waals surface area (Å²) in [6.07, 6.45) is 2.05. The third kappa shape index (κ3) is 3.11. The van der Waals surface area contributed by atoms with Crippen LogP contribution < -0.4 is 14.8 Å². The largest absolute Gasteiger partial charge is 0.508 e. The third-order valence-corrected chi connectivity index (χ3v) is 5.70. The van der Waals surface area contributed by atoms with Gasteiger partial charge in [-0.15, -0.1) is 5.10 Å². The Labute approximate surface area is 179 Å². The Morgan fingerprint density at radius 1 is 1.13 bits per heavy atom. The SMILES string of the molecule is COc1cccc(C2C3=C(CCCC3=O)Nc3nc(-c4cccc(O)c4)nn32)c1OC. The zero-order valence-electron chi connectivity index (χ0n) is 17.3. The number of phenols is 1. The number of carbonyl (C=O) groups excluding carboxylic acids is 1. The first-order valence-corrected chi connectivity index (χ1v) is 10.1. The van der Waals surface area contributed by atoms with Gasteiger partial charge in [0.2, 0.25) is 5.95 Å². The van der Waals surface area contributed by atoms with Gasteiger partial charge < -0.3 is 19.9 Å². The van der Waals surface area contributed by atoms with Gasteiger partial charge in [-0.05, 0) is 31.0 Å². The lowest BCUT2D eigenvalue weighted by molar-refractivity contribution is -0.116. The Morgan fingerprint density at radius 3 is 2.74 bits per heavy atom. The van der Waals surface area contributed by atoms with Crippen LogP contribution in [0.3, 0.4) is 0 Å². The number of nitrogens with one attached hydrogen (secondary N) is 1. The molecule has 0 fully saturated rings. The molecular formula is C23H22N4O4. The molecule has 8 heteroatoms. The molecule has 1 unspecified atom stereocenters. The second-order valence-electron chi connectivity index (χ2n) is 7.53. The first-order valence-electron chi connectivity index (χ1n) is 10.1. The molecule has 2 aromatic carbocycles. The minimum absolute atomic E-state index is 0.0867. The fourth-order valence-corrected chi connectivity index (χ4v) is 4.34. The first-order chi connectivity index (χ1) is 15.1. The highest BCUT2D eigenvalue weighted by molar-refractivity contribution is 5.99. The molecule has 2 aliphatic rings. The van der Waals surface area contributed by atoms with Gasteiger partial charge in [-0.2, -0.15) is 4.98 Å². The van der Waals surface area contributed by atoms with Crippen LogP contribution in [0.2, 0.25) is 0 Å². The van der Waals surface area contributed by atoms with Gasteiger partial charge in [-0.25, -0.2) is 4.68 Å². The molecule has 0 spiro atoms. The summed E-state index contributed by atoms with van der Waals surface area (Å²) in [6, 6.07) is 11.9. The Balaban J connectivity index is 1.73. The number of benzene rings is 2. The van der Waals surface area contributed by atoms with Crippen LogP contribution in [-0.4, -0.2) is 39.9 Å². The molecule has 2 heterocycles. The topological polar surface area (TPSA) is 98.5 Å². The van der Waals surface area contributed by atoms with Gasteiger partial charge >= 0.3 is 0 Å². The summed E-state index contributed by atoms with van der Waals surface area (Å²) in [5, 5.41) is 17.9. The van der Waals surface area contributed by atoms with Gasteiger partial charge in [0, 0.05) is 28.8 Å². The summed E-state index contributed by atoms with van der Waals surface area (Å²) in [4.78, 5) is 17.7. The van der Waals surface area contributed by atoms with E-state index in [9.17, 15) is 9.90 Å². The standard InChI is InChI=1S/C23H22N4O4/c1-30-18-11-4-8-15(21(18)31-2)20-19-16(9-5-10-17(19)29)24-23-25-22(26-27(20)23)13-6-3-7-14(28)12-13/h3-4,6-8,11-12,20,28H,5,9-10H2,1-2H3,(H,24,25,26). The van der Waals surface area contributed by atoms with Crippen LogP contribution in [0, 0.1) is 0 Å². The van der Waals surface area contributed by atoms with Gasteiger partial charge in [0.15, 0.2) is 23.1 Å². The van der Waals surface area contributed by atoms with E-state index >= 15 is 0 Å². The molecule has 8 nitrogen and oxygen atoms in total. The van der Waals surface area contributed by atoms with Crippen molar-refractivity contribution < 1.29 is 19.4 Å². The smallest absolute Gasteiger partial charge is 0.226 e. The summed E-state index contributed by atoms with van der Waals surface area (Å²) in [7, 11) is 3.17. The van der Waals surface area contributed by atoms with Crippen molar-refractivity contribution in [1.82, 2.24) is 14.8 Å². The predicted molar refractivity (Wildman–Crippen MR) is 114 cm³/mol. The molecule has 1 atom stereocenters. The molecule has 0 saturated carbocycles. The summed E-state index contributed by atoms with van der Waals surface area (Å²) in [5.41, 5.74) is 3.01. The van der Waals surface area contributed by atoms with Gasteiger partial charge in [-0.3, -0.25) is 4.79 Å². The Bertz CT molecular complexity index is 1210. The number of allylic oxidation sites excluding steroid dienone is 2. The lowest BCUT2D eigenvalue weighted by Crippen LogP contribution is -2.31. The number of nitrogens with zero attached hydrogens (tertiary/aromatic N) is 3. The quantitative estimate of drug-likeness (QED) is 0.667. The number of aromatic hydroxyl groups is 1. The second kappa shape index (κ2) is 7.46. The molecule has 0 radical (unpaired) electrons. The molecule has 0 bridgehead atoms. The maximum atomic E-state index is 13.0. The number of hydrogen-bond acceptors (Lipinski definition) is 7. The fraction of sp³-hybridized carbons (Fsp3) is 0.261. The van der Waals surface area contributed by atoms with Crippen LogP contribution in [0.5, 0.6) is 17.2 Å². The van der Waals surface area contributed by atoms with Gasteiger partial charge in [-0.1, -0.05) is 24.3 Å². The normalized spacial score (nSPS) is 17.6. The summed E-state index contributed by atoms with van der Waals surface area (Å²) < 4.78 is 12.9. The molecule has 2 N–H and O–H groups in total. The number of methoxy groups -OCH3 is 2. The van der Waals surface area contributed by atoms with Crippen molar-refractivity contribution >= 4 is 11.7 Å². The maximum absolute atomic E-state index is 13.0. The second-order valence-corrected chi connectivity index (χ2v) is 7.53. The monoisotopic (exact) mass is 418 g/mol. The number of para-hydroxylation sites is 1. The first kappa shape index (κ1) is 19.2. The van der Waals surface area contributed by atoms with Crippen molar-refractivity contribution in [3.63, 3.8) is 0 Å². The zero-order chi connectivity index (χ0) is 21.5. The predicted octanol–water partition coefficient (Wildman–Crippen LogP) is 3.69. The van der Waals surface area contributed by atoms with Crippen molar-refractivity contribution in [3.05, 3.63) is 59.3 Å². The highest BCUT2D eigenvalue weighted by atomic mass is 16.5. The molecular weight excluding hydrogens is 396 g/mol. The van der Waals surface area contributed by atoms with Crippen LogP contribution in [0.4, 0.5) is 5.95 Å². The zero-order valence-corrected chi connectivity index (χ0v) is 17.3. The third-order valence-electron chi connectivity index (χ3n) is 5.70. The van der Waals surface area contributed by atoms with Crippen LogP contribution in [0.1, 0.15) is 30.9 Å². The number of phenolic OH excluding ortho intramolecular Hbond substituents is 1. The summed E-state index contributed by atoms with van der Waals surface area (Å²) in [6.45, 7) is 0. The van der Waals surface area contributed by atoms with Gasteiger partial charge in [0.1, 0.15) is 11.8 Å². The van der Waals surface area contributed by atoms with Gasteiger partial charge in [0.05, 0.1) is 14.2 Å². The molecule has 5 rings (SSSR count). The fourth-order valence-electron chi connectivity index (χ4n) is 4.34. The van der Waals surface area contributed by atoms with Crippen LogP contribution in [-0.2, 0) is 4.79 Å². The Morgan fingerprint density at radius 2 is 1.97 bits per heavy atom. The number of Topliss-reactive ketones (excluding diaryl/α,β-unsaturated/α-hetero) is 1. The highest BCUT2D eigenvalue weighted by Gasteiger charge is 2.38. The lowest BCUT2D eigenvalue weighted by Gasteiger charge is -2.32. The number of carbonyl (C=O) groups is 1. The molecule has 0 amide bonds. The van der Waals surface area contributed by atoms with Crippen LogP contribution in [0.25, 0.3) is 11.4 Å². The van der Waals surface area contributed by atoms with Crippen molar-refractivity contribution in [2.75, 3.05) is 19.5 Å². The molecule has 31 heavy (non-hydrogen) atoms. The summed E-state index contributed by atoms with van der Waals surface area (Å²) >= 11 is 0. The summed E-state index contributed by atoms with van der Waals surface area (Å²) in [5.74, 6) is 2.36. The molecule has 1 aromatic heterocycles. The molecule has 3 aromatic rings. The maximum Gasteiger partial charge on any atom is 0.226 e. The molecule has 158 valence electrons. The van der Waals surface area contributed by atoms with Crippen molar-refractivity contribution in [3.8, 4) is 28.6 Å². The molecule has 1 aliphatic carbocycles. The highest BCUT2D eigenvalue weighted by Crippen LogP contribution is 2.45. The van der Waals surface area contributed by atoms with Gasteiger partial charge in [0.25, 0.3) is 0 Å². The van der Waals surface area contributed by atoms with E-state index in [1.165, 1.54) is 0 Å². The average Bonchev–Trinajstić information content (AvgIpc) is 3.21. The van der Waals surface area contributed by atoms with E-state index in [0.29, 0.717) is 40.8 Å². The Kier molecular flexibility index (Phi) is 4.62. The van der Waals surface area contributed by atoms with Crippen molar-refractivity contribution in [2.45, 2.75) is 25.3 Å². The minimum Gasteiger partial charge on any atom is -0.508 e. The van der Waals surface area contributed by atoms with Crippen LogP contribution >= 0.6 is 0 Å². The van der Waals surface area contributed by atoms with E-state index in [0.717, 1.165) is 24.1 Å². The van der Waals surface area contributed by atoms with E-state index in [2.05, 4.69) is 10.3 Å². The van der Waals surface area contributed by atoms with E-state index in [4.69, 9.17) is 14.6 Å². The average molecular weight is 418 g/mol. The number of anilines is 1. The van der Waals surface area contributed by atoms with E-state index < -0.39 is 6.04 Å². The van der Waals surface area contributed by atoms with Crippen molar-refractivity contribution in [2.24, 2.45) is 0 Å². The number of ether oxygens (including phenoxy) is 2. The number of ketones is 1. The number of fused-ring (bicyclic) bond motifs is 1. The number of rotatable bonds is 4. The Hall–Kier alpha value is -3.81. The van der Waals surface area contributed by atoms with Crippen molar-refractivity contribution in [1.29, 1.82) is 0 Å². The molecule has 1 aliphatic heterocycles. The van der Waals surface area contributed by atoms with E-state index in [-0.39, 0.29) is 11.5 Å². The van der Waals surface area contributed by atoms with E-state index in [1.807, 2.05) is 24.3 Å². The number of hydrogen-bond donors (Lipinski definition) is 2. The van der Waals surface area contributed by atoms with E-state index in [1.54, 1.807) is 37.1 Å². The minimum atomic E-state index is -0.498. The lowest BCUT2D eigenvalue weighted by atomic mass is 9.85.